The summed E-state index contributed by atoms with van der Waals surface area (Å²) in [6.07, 6.45) is 0.440. The van der Waals surface area contributed by atoms with Gasteiger partial charge in [-0.25, -0.2) is 9.18 Å². The SMILES string of the molecule is CCC(=O)c1ccc(OCC(=O)OCc2ccc(F)cc2)cc1. The van der Waals surface area contributed by atoms with Gasteiger partial charge in [0.15, 0.2) is 12.4 Å². The zero-order valence-electron chi connectivity index (χ0n) is 12.8. The predicted molar refractivity (Wildman–Crippen MR) is 82.8 cm³/mol. The van der Waals surface area contributed by atoms with Crippen molar-refractivity contribution >= 4 is 11.8 Å². The minimum atomic E-state index is -0.525. The lowest BCUT2D eigenvalue weighted by molar-refractivity contribution is -0.147. The van der Waals surface area contributed by atoms with Crippen LogP contribution in [0.15, 0.2) is 48.5 Å². The topological polar surface area (TPSA) is 52.6 Å². The monoisotopic (exact) mass is 316 g/mol. The van der Waals surface area contributed by atoms with E-state index in [0.29, 0.717) is 23.3 Å². The number of halogens is 1. The molecule has 0 atom stereocenters. The van der Waals surface area contributed by atoms with Crippen LogP contribution in [-0.2, 0) is 16.1 Å². The molecule has 23 heavy (non-hydrogen) atoms. The fourth-order valence-electron chi connectivity index (χ4n) is 1.87. The molecule has 0 aliphatic rings. The summed E-state index contributed by atoms with van der Waals surface area (Å²) in [5.74, 6) is -0.330. The Morgan fingerprint density at radius 3 is 2.26 bits per heavy atom. The second kappa shape index (κ2) is 8.08. The Bertz CT molecular complexity index is 662. The number of carbonyl (C=O) groups is 2. The Balaban J connectivity index is 1.77. The number of carbonyl (C=O) groups excluding carboxylic acids is 2. The second-order valence-electron chi connectivity index (χ2n) is 4.88. The number of rotatable bonds is 7. The highest BCUT2D eigenvalue weighted by Crippen LogP contribution is 2.13. The van der Waals surface area contributed by atoms with Crippen molar-refractivity contribution in [2.24, 2.45) is 0 Å². The fourth-order valence-corrected chi connectivity index (χ4v) is 1.87. The van der Waals surface area contributed by atoms with Crippen LogP contribution in [0, 0.1) is 5.82 Å². The Hall–Kier alpha value is -2.69. The van der Waals surface area contributed by atoms with Crippen LogP contribution in [0.25, 0.3) is 0 Å². The third-order valence-electron chi connectivity index (χ3n) is 3.17. The van der Waals surface area contributed by atoms with E-state index in [9.17, 15) is 14.0 Å². The van der Waals surface area contributed by atoms with E-state index in [2.05, 4.69) is 0 Å². The molecule has 0 saturated heterocycles. The van der Waals surface area contributed by atoms with Gasteiger partial charge in [-0.2, -0.15) is 0 Å². The number of hydrogen-bond acceptors (Lipinski definition) is 4. The van der Waals surface area contributed by atoms with E-state index in [1.165, 1.54) is 12.1 Å². The maximum atomic E-state index is 12.7. The van der Waals surface area contributed by atoms with Gasteiger partial charge < -0.3 is 9.47 Å². The molecule has 0 amide bonds. The smallest absolute Gasteiger partial charge is 0.344 e. The second-order valence-corrected chi connectivity index (χ2v) is 4.88. The normalized spacial score (nSPS) is 10.2. The maximum absolute atomic E-state index is 12.7. The minimum absolute atomic E-state index is 0.0512. The Morgan fingerprint density at radius 2 is 1.65 bits per heavy atom. The van der Waals surface area contributed by atoms with Crippen molar-refractivity contribution < 1.29 is 23.5 Å². The summed E-state index contributed by atoms with van der Waals surface area (Å²) in [6, 6.07) is 12.3. The van der Waals surface area contributed by atoms with Crippen molar-refractivity contribution in [1.29, 1.82) is 0 Å². The first-order chi connectivity index (χ1) is 11.1. The molecule has 0 aliphatic heterocycles. The van der Waals surface area contributed by atoms with Crippen molar-refractivity contribution in [3.63, 3.8) is 0 Å². The largest absolute Gasteiger partial charge is 0.482 e. The molecule has 2 aromatic carbocycles. The summed E-state index contributed by atoms with van der Waals surface area (Å²) < 4.78 is 23.1. The van der Waals surface area contributed by atoms with Crippen LogP contribution in [0.4, 0.5) is 4.39 Å². The van der Waals surface area contributed by atoms with Crippen LogP contribution in [0.5, 0.6) is 5.75 Å². The van der Waals surface area contributed by atoms with Gasteiger partial charge in [0.1, 0.15) is 18.2 Å². The number of ketones is 1. The third-order valence-corrected chi connectivity index (χ3v) is 3.17. The zero-order valence-corrected chi connectivity index (χ0v) is 12.8. The fraction of sp³-hybridized carbons (Fsp3) is 0.222. The van der Waals surface area contributed by atoms with Gasteiger partial charge in [-0.3, -0.25) is 4.79 Å². The van der Waals surface area contributed by atoms with Gasteiger partial charge in [-0.05, 0) is 42.0 Å². The standard InChI is InChI=1S/C18H17FO4/c1-2-17(20)14-5-9-16(10-6-14)22-12-18(21)23-11-13-3-7-15(19)8-4-13/h3-10H,2,11-12H2,1H3. The molecule has 0 aromatic heterocycles. The molecule has 2 rings (SSSR count). The quantitative estimate of drug-likeness (QED) is 0.579. The molecule has 5 heteroatoms. The lowest BCUT2D eigenvalue weighted by Crippen LogP contribution is -2.14. The van der Waals surface area contributed by atoms with Crippen LogP contribution < -0.4 is 4.74 Å². The van der Waals surface area contributed by atoms with Crippen LogP contribution in [0.2, 0.25) is 0 Å². The lowest BCUT2D eigenvalue weighted by atomic mass is 10.1. The Labute approximate surface area is 133 Å². The first-order valence-corrected chi connectivity index (χ1v) is 7.24. The number of esters is 1. The van der Waals surface area contributed by atoms with Crippen molar-refractivity contribution in [2.75, 3.05) is 6.61 Å². The van der Waals surface area contributed by atoms with E-state index < -0.39 is 5.97 Å². The molecule has 0 unspecified atom stereocenters. The van der Waals surface area contributed by atoms with Crippen molar-refractivity contribution in [3.05, 3.63) is 65.5 Å². The van der Waals surface area contributed by atoms with Crippen LogP contribution in [0.1, 0.15) is 29.3 Å². The van der Waals surface area contributed by atoms with Crippen LogP contribution in [0.3, 0.4) is 0 Å². The summed E-state index contributed by atoms with van der Waals surface area (Å²) >= 11 is 0. The molecule has 0 saturated carbocycles. The zero-order chi connectivity index (χ0) is 16.7. The minimum Gasteiger partial charge on any atom is -0.482 e. The molecule has 0 aliphatic carbocycles. The number of ether oxygens (including phenoxy) is 2. The number of Topliss-reactive ketones (excluding diaryl/α,β-unsaturated/α-hetero) is 1. The van der Waals surface area contributed by atoms with Gasteiger partial charge in [0, 0.05) is 12.0 Å². The highest BCUT2D eigenvalue weighted by Gasteiger charge is 2.07. The molecule has 0 radical (unpaired) electrons. The molecule has 0 N–H and O–H groups in total. The summed E-state index contributed by atoms with van der Waals surface area (Å²) in [6.45, 7) is 1.62. The molecular weight excluding hydrogens is 299 g/mol. The first kappa shape index (κ1) is 16.7. The third kappa shape index (κ3) is 5.21. The Kier molecular flexibility index (Phi) is 5.86. The summed E-state index contributed by atoms with van der Waals surface area (Å²) in [4.78, 5) is 23.1. The Morgan fingerprint density at radius 1 is 1.00 bits per heavy atom. The average Bonchev–Trinajstić information content (AvgIpc) is 2.59. The van der Waals surface area contributed by atoms with Crippen LogP contribution >= 0.6 is 0 Å². The summed E-state index contributed by atoms with van der Waals surface area (Å²) in [5, 5.41) is 0. The molecule has 0 fully saturated rings. The van der Waals surface area contributed by atoms with E-state index in [-0.39, 0.29) is 24.8 Å². The van der Waals surface area contributed by atoms with Gasteiger partial charge in [0.25, 0.3) is 0 Å². The van der Waals surface area contributed by atoms with E-state index >= 15 is 0 Å². The predicted octanol–water partition coefficient (Wildman–Crippen LogP) is 3.54. The van der Waals surface area contributed by atoms with Gasteiger partial charge in [0.2, 0.25) is 0 Å². The van der Waals surface area contributed by atoms with Crippen molar-refractivity contribution in [3.8, 4) is 5.75 Å². The lowest BCUT2D eigenvalue weighted by Gasteiger charge is -2.07. The molecular formula is C18H17FO4. The van der Waals surface area contributed by atoms with Gasteiger partial charge in [0.05, 0.1) is 0 Å². The maximum Gasteiger partial charge on any atom is 0.344 e. The highest BCUT2D eigenvalue weighted by atomic mass is 19.1. The van der Waals surface area contributed by atoms with Gasteiger partial charge >= 0.3 is 5.97 Å². The van der Waals surface area contributed by atoms with Crippen LogP contribution in [-0.4, -0.2) is 18.4 Å². The number of benzene rings is 2. The van der Waals surface area contributed by atoms with Crippen molar-refractivity contribution in [2.45, 2.75) is 20.0 Å². The van der Waals surface area contributed by atoms with Gasteiger partial charge in [-0.15, -0.1) is 0 Å². The summed E-state index contributed by atoms with van der Waals surface area (Å²) in [5.41, 5.74) is 1.31. The van der Waals surface area contributed by atoms with Crippen molar-refractivity contribution in [1.82, 2.24) is 0 Å². The molecule has 0 bridgehead atoms. The molecule has 4 nitrogen and oxygen atoms in total. The van der Waals surface area contributed by atoms with E-state index in [4.69, 9.17) is 9.47 Å². The van der Waals surface area contributed by atoms with E-state index in [0.717, 1.165) is 0 Å². The van der Waals surface area contributed by atoms with E-state index in [1.54, 1.807) is 43.3 Å². The molecule has 0 heterocycles. The number of hydrogen-bond donors (Lipinski definition) is 0. The molecule has 2 aromatic rings. The van der Waals surface area contributed by atoms with Gasteiger partial charge in [-0.1, -0.05) is 19.1 Å². The van der Waals surface area contributed by atoms with E-state index in [1.807, 2.05) is 0 Å². The summed E-state index contributed by atoms with van der Waals surface area (Å²) in [7, 11) is 0. The molecule has 0 spiro atoms. The molecule has 120 valence electrons. The highest BCUT2D eigenvalue weighted by molar-refractivity contribution is 5.95. The average molecular weight is 316 g/mol. The first-order valence-electron chi connectivity index (χ1n) is 7.24.